The Morgan fingerprint density at radius 3 is 2.19 bits per heavy atom. The van der Waals surface area contributed by atoms with Gasteiger partial charge in [-0.05, 0) is 24.6 Å². The third-order valence-electron chi connectivity index (χ3n) is 4.41. The maximum atomic E-state index is 12.6. The third kappa shape index (κ3) is 4.62. The number of rotatable bonds is 4. The van der Waals surface area contributed by atoms with Crippen LogP contribution in [0.2, 0.25) is 0 Å². The molecule has 7 heteroatoms. The highest BCUT2D eigenvalue weighted by Crippen LogP contribution is 2.15. The first-order valence-electron chi connectivity index (χ1n) is 8.58. The van der Waals surface area contributed by atoms with Gasteiger partial charge in [0.15, 0.2) is 0 Å². The van der Waals surface area contributed by atoms with E-state index < -0.39 is 10.0 Å². The zero-order valence-electron chi connectivity index (χ0n) is 14.8. The highest BCUT2D eigenvalue weighted by atomic mass is 32.2. The molecule has 1 aliphatic rings. The van der Waals surface area contributed by atoms with Crippen molar-refractivity contribution in [1.82, 2.24) is 9.21 Å². The Labute approximate surface area is 154 Å². The van der Waals surface area contributed by atoms with Crippen molar-refractivity contribution in [2.24, 2.45) is 0 Å². The van der Waals surface area contributed by atoms with Crippen LogP contribution in [0.4, 0.5) is 10.5 Å². The lowest BCUT2D eigenvalue weighted by atomic mass is 10.2. The molecule has 2 amide bonds. The molecule has 1 aliphatic heterocycles. The quantitative estimate of drug-likeness (QED) is 0.896. The highest BCUT2D eigenvalue weighted by Gasteiger charge is 2.29. The first-order valence-corrected chi connectivity index (χ1v) is 10.2. The Kier molecular flexibility index (Phi) is 5.58. The summed E-state index contributed by atoms with van der Waals surface area (Å²) in [5.74, 6) is -0.0104. The lowest BCUT2D eigenvalue weighted by Gasteiger charge is -2.34. The molecule has 26 heavy (non-hydrogen) atoms. The maximum absolute atomic E-state index is 12.6. The summed E-state index contributed by atoms with van der Waals surface area (Å²) < 4.78 is 26.7. The molecule has 1 fully saturated rings. The summed E-state index contributed by atoms with van der Waals surface area (Å²) in [4.78, 5) is 13.9. The zero-order chi connectivity index (χ0) is 18.6. The fourth-order valence-electron chi connectivity index (χ4n) is 2.88. The first kappa shape index (κ1) is 18.4. The van der Waals surface area contributed by atoms with Crippen LogP contribution in [0.1, 0.15) is 11.1 Å². The van der Waals surface area contributed by atoms with Crippen LogP contribution in [0, 0.1) is 6.92 Å². The molecule has 0 saturated carbocycles. The SMILES string of the molecule is Cc1ccc(CS(=O)(=O)N2CCN(C(=O)Nc3ccccc3)CC2)cc1. The summed E-state index contributed by atoms with van der Waals surface area (Å²) in [6, 6.07) is 16.5. The first-order chi connectivity index (χ1) is 12.4. The minimum atomic E-state index is -3.38. The van der Waals surface area contributed by atoms with E-state index in [-0.39, 0.29) is 11.8 Å². The minimum Gasteiger partial charge on any atom is -0.322 e. The van der Waals surface area contributed by atoms with Crippen LogP contribution in [-0.2, 0) is 15.8 Å². The van der Waals surface area contributed by atoms with Crippen LogP contribution in [0.25, 0.3) is 0 Å². The van der Waals surface area contributed by atoms with Gasteiger partial charge in [-0.2, -0.15) is 4.31 Å². The molecule has 0 aliphatic carbocycles. The average Bonchev–Trinajstić information content (AvgIpc) is 2.64. The number of aryl methyl sites for hydroxylation is 1. The van der Waals surface area contributed by atoms with E-state index in [0.29, 0.717) is 26.2 Å². The van der Waals surface area contributed by atoms with E-state index in [1.807, 2.05) is 61.5 Å². The molecule has 0 bridgehead atoms. The molecule has 138 valence electrons. The van der Waals surface area contributed by atoms with Crippen molar-refractivity contribution in [3.8, 4) is 0 Å². The Morgan fingerprint density at radius 1 is 0.962 bits per heavy atom. The molecule has 1 heterocycles. The summed E-state index contributed by atoms with van der Waals surface area (Å²) >= 11 is 0. The summed E-state index contributed by atoms with van der Waals surface area (Å²) in [7, 11) is -3.38. The summed E-state index contributed by atoms with van der Waals surface area (Å²) in [5.41, 5.74) is 2.61. The number of benzene rings is 2. The van der Waals surface area contributed by atoms with Crippen LogP contribution in [0.3, 0.4) is 0 Å². The topological polar surface area (TPSA) is 69.7 Å². The fraction of sp³-hybridized carbons (Fsp3) is 0.316. The number of nitrogens with zero attached hydrogens (tertiary/aromatic N) is 2. The van der Waals surface area contributed by atoms with E-state index in [2.05, 4.69) is 5.32 Å². The number of hydrogen-bond acceptors (Lipinski definition) is 3. The van der Waals surface area contributed by atoms with Gasteiger partial charge in [-0.3, -0.25) is 0 Å². The summed E-state index contributed by atoms with van der Waals surface area (Å²) in [6.45, 7) is 3.36. The number of urea groups is 1. The lowest BCUT2D eigenvalue weighted by Crippen LogP contribution is -2.51. The van der Waals surface area contributed by atoms with Crippen molar-refractivity contribution in [2.45, 2.75) is 12.7 Å². The Bertz CT molecular complexity index is 843. The number of anilines is 1. The summed E-state index contributed by atoms with van der Waals surface area (Å²) in [6.07, 6.45) is 0. The molecular weight excluding hydrogens is 350 g/mol. The standard InChI is InChI=1S/C19H23N3O3S/c1-16-7-9-17(10-8-16)15-26(24,25)22-13-11-21(12-14-22)19(23)20-18-5-3-2-4-6-18/h2-10H,11-15H2,1H3,(H,20,23). The van der Waals surface area contributed by atoms with Gasteiger partial charge in [0, 0.05) is 31.9 Å². The second kappa shape index (κ2) is 7.88. The normalized spacial score (nSPS) is 15.7. The van der Waals surface area contributed by atoms with Gasteiger partial charge < -0.3 is 10.2 Å². The number of amides is 2. The molecule has 3 rings (SSSR count). The molecule has 0 atom stereocenters. The van der Waals surface area contributed by atoms with Gasteiger partial charge in [-0.25, -0.2) is 13.2 Å². The van der Waals surface area contributed by atoms with Crippen molar-refractivity contribution in [1.29, 1.82) is 0 Å². The second-order valence-electron chi connectivity index (χ2n) is 6.42. The van der Waals surface area contributed by atoms with Crippen molar-refractivity contribution in [3.63, 3.8) is 0 Å². The molecule has 1 N–H and O–H groups in total. The van der Waals surface area contributed by atoms with Crippen molar-refractivity contribution in [3.05, 3.63) is 65.7 Å². The highest BCUT2D eigenvalue weighted by molar-refractivity contribution is 7.88. The molecule has 1 saturated heterocycles. The number of piperazine rings is 1. The van der Waals surface area contributed by atoms with Gasteiger partial charge in [0.05, 0.1) is 5.75 Å². The fourth-order valence-corrected chi connectivity index (χ4v) is 4.40. The van der Waals surface area contributed by atoms with Gasteiger partial charge in [0.2, 0.25) is 10.0 Å². The molecule has 2 aromatic rings. The Morgan fingerprint density at radius 2 is 1.58 bits per heavy atom. The largest absolute Gasteiger partial charge is 0.322 e. The van der Waals surface area contributed by atoms with Crippen molar-refractivity contribution < 1.29 is 13.2 Å². The predicted molar refractivity (Wildman–Crippen MR) is 102 cm³/mol. The van der Waals surface area contributed by atoms with Gasteiger partial charge in [0.1, 0.15) is 0 Å². The van der Waals surface area contributed by atoms with Crippen LogP contribution in [0.15, 0.2) is 54.6 Å². The van der Waals surface area contributed by atoms with Crippen LogP contribution in [-0.4, -0.2) is 49.8 Å². The van der Waals surface area contributed by atoms with Crippen LogP contribution >= 0.6 is 0 Å². The van der Waals surface area contributed by atoms with E-state index in [0.717, 1.165) is 16.8 Å². The molecule has 0 unspecified atom stereocenters. The molecular formula is C19H23N3O3S. The molecule has 2 aromatic carbocycles. The Balaban J connectivity index is 1.55. The van der Waals surface area contributed by atoms with Crippen LogP contribution < -0.4 is 5.32 Å². The van der Waals surface area contributed by atoms with E-state index in [4.69, 9.17) is 0 Å². The molecule has 6 nitrogen and oxygen atoms in total. The van der Waals surface area contributed by atoms with E-state index in [1.165, 1.54) is 4.31 Å². The minimum absolute atomic E-state index is 0.0104. The van der Waals surface area contributed by atoms with E-state index in [9.17, 15) is 13.2 Å². The predicted octanol–water partition coefficient (Wildman–Crippen LogP) is 2.67. The number of hydrogen-bond donors (Lipinski definition) is 1. The van der Waals surface area contributed by atoms with Gasteiger partial charge in [-0.1, -0.05) is 48.0 Å². The van der Waals surface area contributed by atoms with Gasteiger partial charge in [0.25, 0.3) is 0 Å². The number of nitrogens with one attached hydrogen (secondary N) is 1. The molecule has 0 aromatic heterocycles. The maximum Gasteiger partial charge on any atom is 0.321 e. The monoisotopic (exact) mass is 373 g/mol. The van der Waals surface area contributed by atoms with E-state index in [1.54, 1.807) is 4.90 Å². The Hall–Kier alpha value is -2.38. The second-order valence-corrected chi connectivity index (χ2v) is 8.39. The molecule has 0 spiro atoms. The number of carbonyl (C=O) groups is 1. The third-order valence-corrected chi connectivity index (χ3v) is 6.26. The van der Waals surface area contributed by atoms with Gasteiger partial charge >= 0.3 is 6.03 Å². The van der Waals surface area contributed by atoms with Crippen molar-refractivity contribution >= 4 is 21.7 Å². The zero-order valence-corrected chi connectivity index (χ0v) is 15.6. The lowest BCUT2D eigenvalue weighted by molar-refractivity contribution is 0.184. The number of carbonyl (C=O) groups excluding carboxylic acids is 1. The van der Waals surface area contributed by atoms with E-state index >= 15 is 0 Å². The van der Waals surface area contributed by atoms with Crippen molar-refractivity contribution in [2.75, 3.05) is 31.5 Å². The van der Waals surface area contributed by atoms with Gasteiger partial charge in [-0.15, -0.1) is 0 Å². The summed E-state index contributed by atoms with van der Waals surface area (Å²) in [5, 5.41) is 2.83. The number of sulfonamides is 1. The average molecular weight is 373 g/mol. The molecule has 0 radical (unpaired) electrons. The smallest absolute Gasteiger partial charge is 0.321 e. The van der Waals surface area contributed by atoms with Crippen LogP contribution in [0.5, 0.6) is 0 Å². The number of para-hydroxylation sites is 1.